The van der Waals surface area contributed by atoms with E-state index < -0.39 is 0 Å². The van der Waals surface area contributed by atoms with Gasteiger partial charge in [0.15, 0.2) is 17.3 Å². The number of benzene rings is 2. The van der Waals surface area contributed by atoms with E-state index in [2.05, 4.69) is 4.90 Å². The molecule has 0 bridgehead atoms. The number of Topliss-reactive ketones (excluding diaryl/α,β-unsaturated/α-hetero) is 1. The molecule has 1 aromatic heterocycles. The Hall–Kier alpha value is -3.05. The fraction of sp³-hybridized carbons (Fsp3) is 0.320. The van der Waals surface area contributed by atoms with Gasteiger partial charge in [0.25, 0.3) is 0 Å². The molecular formula is C25H25NO4. The molecule has 30 heavy (non-hydrogen) atoms. The number of nitrogens with zero attached hydrogens (tertiary/aromatic N) is 1. The van der Waals surface area contributed by atoms with E-state index in [1.807, 2.05) is 54.6 Å². The van der Waals surface area contributed by atoms with Gasteiger partial charge in [0.2, 0.25) is 0 Å². The molecule has 1 saturated heterocycles. The van der Waals surface area contributed by atoms with E-state index in [1.165, 1.54) is 0 Å². The van der Waals surface area contributed by atoms with E-state index in [0.29, 0.717) is 25.6 Å². The number of hydrogen-bond acceptors (Lipinski definition) is 5. The summed E-state index contributed by atoms with van der Waals surface area (Å²) in [6.07, 6.45) is 3.32. The predicted octanol–water partition coefficient (Wildman–Crippen LogP) is 4.78. The number of carbonyl (C=O) groups is 1. The average Bonchev–Trinajstić information content (AvgIpc) is 3.49. The number of ketones is 1. The normalized spacial score (nSPS) is 18.5. The molecule has 2 aliphatic rings. The quantitative estimate of drug-likeness (QED) is 0.555. The van der Waals surface area contributed by atoms with Gasteiger partial charge >= 0.3 is 0 Å². The van der Waals surface area contributed by atoms with E-state index in [1.54, 1.807) is 6.26 Å². The van der Waals surface area contributed by atoms with Crippen molar-refractivity contribution in [2.75, 3.05) is 32.8 Å². The van der Waals surface area contributed by atoms with Crippen LogP contribution in [0.1, 0.15) is 34.9 Å². The van der Waals surface area contributed by atoms with E-state index in [-0.39, 0.29) is 5.78 Å². The molecule has 0 radical (unpaired) electrons. The lowest BCUT2D eigenvalue weighted by molar-refractivity contribution is 0.0969. The van der Waals surface area contributed by atoms with Gasteiger partial charge < -0.3 is 18.8 Å². The number of furan rings is 1. The van der Waals surface area contributed by atoms with Gasteiger partial charge in [-0.25, -0.2) is 0 Å². The minimum absolute atomic E-state index is 0.168. The zero-order valence-corrected chi connectivity index (χ0v) is 16.9. The number of fused-ring (bicyclic) bond motifs is 1. The molecular weight excluding hydrogens is 378 g/mol. The third kappa shape index (κ3) is 3.85. The summed E-state index contributed by atoms with van der Waals surface area (Å²) in [6.45, 7) is 3.84. The van der Waals surface area contributed by atoms with Crippen molar-refractivity contribution in [3.63, 3.8) is 0 Å². The Bertz CT molecular complexity index is 1030. The zero-order chi connectivity index (χ0) is 20.3. The van der Waals surface area contributed by atoms with Crippen molar-refractivity contribution in [2.24, 2.45) is 0 Å². The standard InChI is InChI=1S/C25H25NO4/c27-22(10-12-26-11-9-19(17-26)23-6-3-13-28-23)21-5-2-1-4-20(21)18-7-8-24-25(16-18)30-15-14-29-24/h1-8,13,16,19H,9-12,14-15,17H2. The van der Waals surface area contributed by atoms with Crippen molar-refractivity contribution in [1.82, 2.24) is 4.90 Å². The van der Waals surface area contributed by atoms with Crippen molar-refractivity contribution in [3.05, 3.63) is 72.2 Å². The molecule has 5 rings (SSSR count). The van der Waals surface area contributed by atoms with Crippen LogP contribution in [0.5, 0.6) is 11.5 Å². The van der Waals surface area contributed by atoms with E-state index in [9.17, 15) is 4.79 Å². The van der Waals surface area contributed by atoms with Crippen LogP contribution in [0, 0.1) is 0 Å². The fourth-order valence-corrected chi connectivity index (χ4v) is 4.37. The third-order valence-electron chi connectivity index (χ3n) is 5.95. The van der Waals surface area contributed by atoms with Crippen LogP contribution in [0.2, 0.25) is 0 Å². The fourth-order valence-electron chi connectivity index (χ4n) is 4.37. The zero-order valence-electron chi connectivity index (χ0n) is 16.9. The maximum absolute atomic E-state index is 13.1. The molecule has 3 heterocycles. The highest BCUT2D eigenvalue weighted by atomic mass is 16.6. The Balaban J connectivity index is 1.28. The van der Waals surface area contributed by atoms with Gasteiger partial charge in [-0.1, -0.05) is 30.3 Å². The first-order valence-corrected chi connectivity index (χ1v) is 10.6. The highest BCUT2D eigenvalue weighted by molar-refractivity contribution is 6.02. The van der Waals surface area contributed by atoms with Crippen LogP contribution in [-0.2, 0) is 0 Å². The maximum atomic E-state index is 13.1. The smallest absolute Gasteiger partial charge is 0.164 e. The van der Waals surface area contributed by atoms with Crippen molar-refractivity contribution in [1.29, 1.82) is 0 Å². The van der Waals surface area contributed by atoms with Crippen LogP contribution in [0.15, 0.2) is 65.3 Å². The van der Waals surface area contributed by atoms with Crippen LogP contribution < -0.4 is 9.47 Å². The number of ether oxygens (including phenoxy) is 2. The van der Waals surface area contributed by atoms with E-state index >= 15 is 0 Å². The second-order valence-corrected chi connectivity index (χ2v) is 7.88. The van der Waals surface area contributed by atoms with Gasteiger partial charge in [0, 0.05) is 31.0 Å². The highest BCUT2D eigenvalue weighted by Crippen LogP contribution is 2.36. The van der Waals surface area contributed by atoms with Crippen LogP contribution in [0.3, 0.4) is 0 Å². The Labute approximate surface area is 176 Å². The summed E-state index contributed by atoms with van der Waals surface area (Å²) in [5.74, 6) is 3.14. The molecule has 5 nitrogen and oxygen atoms in total. The molecule has 1 atom stereocenters. The Morgan fingerprint density at radius 2 is 1.87 bits per heavy atom. The van der Waals surface area contributed by atoms with Crippen LogP contribution in [0.4, 0.5) is 0 Å². The van der Waals surface area contributed by atoms with Gasteiger partial charge in [0.1, 0.15) is 19.0 Å². The molecule has 2 aliphatic heterocycles. The second kappa shape index (κ2) is 8.36. The van der Waals surface area contributed by atoms with Crippen molar-refractivity contribution in [2.45, 2.75) is 18.8 Å². The van der Waals surface area contributed by atoms with Gasteiger partial charge in [0.05, 0.1) is 6.26 Å². The summed E-state index contributed by atoms with van der Waals surface area (Å²) in [5.41, 5.74) is 2.67. The first kappa shape index (κ1) is 18.9. The van der Waals surface area contributed by atoms with Crippen molar-refractivity contribution < 1.29 is 18.7 Å². The van der Waals surface area contributed by atoms with Crippen LogP contribution in [-0.4, -0.2) is 43.5 Å². The van der Waals surface area contributed by atoms with Gasteiger partial charge in [-0.05, 0) is 48.4 Å². The first-order chi connectivity index (χ1) is 14.8. The number of carbonyl (C=O) groups excluding carboxylic acids is 1. The number of rotatable bonds is 6. The summed E-state index contributed by atoms with van der Waals surface area (Å²) < 4.78 is 16.9. The topological polar surface area (TPSA) is 51.9 Å². The van der Waals surface area contributed by atoms with Crippen molar-refractivity contribution >= 4 is 5.78 Å². The van der Waals surface area contributed by atoms with E-state index in [4.69, 9.17) is 13.9 Å². The second-order valence-electron chi connectivity index (χ2n) is 7.88. The molecule has 1 unspecified atom stereocenters. The summed E-state index contributed by atoms with van der Waals surface area (Å²) in [6, 6.07) is 17.7. The molecule has 0 amide bonds. The van der Waals surface area contributed by atoms with E-state index in [0.717, 1.165) is 60.0 Å². The lowest BCUT2D eigenvalue weighted by atomic mass is 9.95. The predicted molar refractivity (Wildman–Crippen MR) is 114 cm³/mol. The van der Waals surface area contributed by atoms with Gasteiger partial charge in [-0.2, -0.15) is 0 Å². The monoisotopic (exact) mass is 403 g/mol. The molecule has 3 aromatic rings. The lowest BCUT2D eigenvalue weighted by Crippen LogP contribution is -2.23. The minimum Gasteiger partial charge on any atom is -0.486 e. The Kier molecular flexibility index (Phi) is 5.28. The Morgan fingerprint density at radius 3 is 2.73 bits per heavy atom. The molecule has 0 N–H and O–H groups in total. The molecule has 1 fully saturated rings. The molecule has 5 heteroatoms. The van der Waals surface area contributed by atoms with Gasteiger partial charge in [-0.15, -0.1) is 0 Å². The summed E-state index contributed by atoms with van der Waals surface area (Å²) in [4.78, 5) is 15.5. The van der Waals surface area contributed by atoms with Gasteiger partial charge in [-0.3, -0.25) is 4.79 Å². The van der Waals surface area contributed by atoms with Crippen LogP contribution >= 0.6 is 0 Å². The molecule has 0 saturated carbocycles. The molecule has 0 spiro atoms. The molecule has 0 aliphatic carbocycles. The largest absolute Gasteiger partial charge is 0.486 e. The first-order valence-electron chi connectivity index (χ1n) is 10.6. The lowest BCUT2D eigenvalue weighted by Gasteiger charge is -2.19. The summed E-state index contributed by atoms with van der Waals surface area (Å²) in [5, 5.41) is 0. The SMILES string of the molecule is O=C(CCN1CCC(c2ccco2)C1)c1ccccc1-c1ccc2c(c1)OCCO2. The average molecular weight is 403 g/mol. The highest BCUT2D eigenvalue weighted by Gasteiger charge is 2.26. The summed E-state index contributed by atoms with van der Waals surface area (Å²) >= 11 is 0. The van der Waals surface area contributed by atoms with Crippen LogP contribution in [0.25, 0.3) is 11.1 Å². The Morgan fingerprint density at radius 1 is 1.00 bits per heavy atom. The molecule has 2 aromatic carbocycles. The molecule has 154 valence electrons. The number of likely N-dealkylation sites (tertiary alicyclic amines) is 1. The number of hydrogen-bond donors (Lipinski definition) is 0. The van der Waals surface area contributed by atoms with Crippen molar-refractivity contribution in [3.8, 4) is 22.6 Å². The third-order valence-corrected chi connectivity index (χ3v) is 5.95. The minimum atomic E-state index is 0.168. The summed E-state index contributed by atoms with van der Waals surface area (Å²) in [7, 11) is 0. The maximum Gasteiger partial charge on any atom is 0.164 e.